The predicted octanol–water partition coefficient (Wildman–Crippen LogP) is 8.70. The van der Waals surface area contributed by atoms with Crippen molar-refractivity contribution in [2.45, 2.75) is 13.8 Å². The molecule has 174 valence electrons. The zero-order valence-corrected chi connectivity index (χ0v) is 20.5. The van der Waals surface area contributed by atoms with Gasteiger partial charge in [0.2, 0.25) is 0 Å². The van der Waals surface area contributed by atoms with Gasteiger partial charge in [-0.1, -0.05) is 103 Å². The highest BCUT2D eigenvalue weighted by molar-refractivity contribution is 6.03. The van der Waals surface area contributed by atoms with Gasteiger partial charge >= 0.3 is 0 Å². The summed E-state index contributed by atoms with van der Waals surface area (Å²) in [5.41, 5.74) is 9.73. The molecule has 3 heteroatoms. The minimum Gasteiger partial charge on any atom is -0.251 e. The Bertz CT molecular complexity index is 1420. The fraction of sp³-hybridized carbons (Fsp3) is 0.0606. The standard InChI is InChI=1S/C33H27N3/c1-24(34-32-20-11-9-18-28(32)26-14-5-3-6-15-26)30-22-13-23-31(36-30)25(2)35-33-21-12-10-19-29(33)27-16-7-4-8-17-27/h3-23H,1-2H3/b34-24+,35-25+. The molecule has 0 N–H and O–H groups in total. The summed E-state index contributed by atoms with van der Waals surface area (Å²) in [6, 6.07) is 43.1. The molecule has 0 atom stereocenters. The van der Waals surface area contributed by atoms with Crippen molar-refractivity contribution in [3.8, 4) is 22.3 Å². The molecule has 0 radical (unpaired) electrons. The molecule has 0 aliphatic heterocycles. The van der Waals surface area contributed by atoms with Crippen LogP contribution < -0.4 is 0 Å². The van der Waals surface area contributed by atoms with E-state index < -0.39 is 0 Å². The monoisotopic (exact) mass is 465 g/mol. The second-order valence-corrected chi connectivity index (χ2v) is 8.57. The Labute approximate surface area is 212 Å². The molecule has 5 rings (SSSR count). The highest BCUT2D eigenvalue weighted by atomic mass is 14.8. The van der Waals surface area contributed by atoms with Gasteiger partial charge in [0.15, 0.2) is 0 Å². The number of pyridine rings is 1. The summed E-state index contributed by atoms with van der Waals surface area (Å²) in [6.07, 6.45) is 0. The molecule has 5 aromatic rings. The first kappa shape index (κ1) is 23.1. The van der Waals surface area contributed by atoms with Crippen molar-refractivity contribution >= 4 is 22.8 Å². The lowest BCUT2D eigenvalue weighted by molar-refractivity contribution is 1.24. The third-order valence-electron chi connectivity index (χ3n) is 6.04. The molecule has 4 aromatic carbocycles. The summed E-state index contributed by atoms with van der Waals surface area (Å²) in [7, 11) is 0. The second kappa shape index (κ2) is 10.7. The first-order chi connectivity index (χ1) is 17.7. The van der Waals surface area contributed by atoms with Crippen LogP contribution in [0.1, 0.15) is 25.2 Å². The highest BCUT2D eigenvalue weighted by Gasteiger charge is 2.09. The first-order valence-electron chi connectivity index (χ1n) is 12.1. The summed E-state index contributed by atoms with van der Waals surface area (Å²) in [5, 5.41) is 0. The van der Waals surface area contributed by atoms with Gasteiger partial charge in [-0.15, -0.1) is 0 Å². The summed E-state index contributed by atoms with van der Waals surface area (Å²) in [4.78, 5) is 14.8. The maximum atomic E-state index is 4.96. The van der Waals surface area contributed by atoms with E-state index in [4.69, 9.17) is 15.0 Å². The number of aromatic nitrogens is 1. The van der Waals surface area contributed by atoms with Crippen molar-refractivity contribution in [2.24, 2.45) is 9.98 Å². The van der Waals surface area contributed by atoms with Gasteiger partial charge in [0.05, 0.1) is 34.2 Å². The summed E-state index contributed by atoms with van der Waals surface area (Å²) in [5.74, 6) is 0. The van der Waals surface area contributed by atoms with Crippen LogP contribution in [0, 0.1) is 0 Å². The third-order valence-corrected chi connectivity index (χ3v) is 6.04. The number of hydrogen-bond donors (Lipinski definition) is 0. The Morgan fingerprint density at radius 2 is 0.833 bits per heavy atom. The Kier molecular flexibility index (Phi) is 6.90. The molecule has 1 heterocycles. The molecule has 0 saturated heterocycles. The molecule has 0 bridgehead atoms. The van der Waals surface area contributed by atoms with Crippen LogP contribution in [0.4, 0.5) is 11.4 Å². The van der Waals surface area contributed by atoms with Crippen molar-refractivity contribution in [2.75, 3.05) is 0 Å². The molecule has 0 amide bonds. The number of hydrogen-bond acceptors (Lipinski definition) is 3. The van der Waals surface area contributed by atoms with Gasteiger partial charge in [0, 0.05) is 11.1 Å². The molecular formula is C33H27N3. The molecule has 0 saturated carbocycles. The van der Waals surface area contributed by atoms with Crippen LogP contribution in [0.3, 0.4) is 0 Å². The van der Waals surface area contributed by atoms with Crippen LogP contribution in [-0.2, 0) is 0 Å². The molecule has 0 spiro atoms. The van der Waals surface area contributed by atoms with Crippen LogP contribution >= 0.6 is 0 Å². The summed E-state index contributed by atoms with van der Waals surface area (Å²) >= 11 is 0. The lowest BCUT2D eigenvalue weighted by Gasteiger charge is -2.09. The Balaban J connectivity index is 1.48. The van der Waals surface area contributed by atoms with Crippen LogP contribution in [0.2, 0.25) is 0 Å². The smallest absolute Gasteiger partial charge is 0.0849 e. The fourth-order valence-corrected chi connectivity index (χ4v) is 4.18. The summed E-state index contributed by atoms with van der Waals surface area (Å²) in [6.45, 7) is 4.01. The van der Waals surface area contributed by atoms with E-state index in [0.29, 0.717) is 0 Å². The number of aliphatic imine (C=N–C) groups is 2. The van der Waals surface area contributed by atoms with Crippen molar-refractivity contribution in [3.05, 3.63) is 139 Å². The van der Waals surface area contributed by atoms with E-state index in [0.717, 1.165) is 56.4 Å². The van der Waals surface area contributed by atoms with E-state index in [-0.39, 0.29) is 0 Å². The quantitative estimate of drug-likeness (QED) is 0.231. The zero-order chi connectivity index (χ0) is 24.7. The minimum absolute atomic E-state index is 0.834. The maximum Gasteiger partial charge on any atom is 0.0849 e. The van der Waals surface area contributed by atoms with E-state index in [1.54, 1.807) is 0 Å². The van der Waals surface area contributed by atoms with E-state index >= 15 is 0 Å². The topological polar surface area (TPSA) is 37.6 Å². The number of para-hydroxylation sites is 2. The molecule has 3 nitrogen and oxygen atoms in total. The lowest BCUT2D eigenvalue weighted by atomic mass is 10.0. The number of nitrogens with zero attached hydrogens (tertiary/aromatic N) is 3. The van der Waals surface area contributed by atoms with Gasteiger partial charge in [0.1, 0.15) is 0 Å². The second-order valence-electron chi connectivity index (χ2n) is 8.57. The normalized spacial score (nSPS) is 11.9. The summed E-state index contributed by atoms with van der Waals surface area (Å²) < 4.78 is 0. The first-order valence-corrected chi connectivity index (χ1v) is 12.1. The van der Waals surface area contributed by atoms with Gasteiger partial charge in [0.25, 0.3) is 0 Å². The molecule has 0 fully saturated rings. The van der Waals surface area contributed by atoms with E-state index in [2.05, 4.69) is 36.4 Å². The van der Waals surface area contributed by atoms with Gasteiger partial charge in [-0.05, 0) is 49.2 Å². The predicted molar refractivity (Wildman–Crippen MR) is 152 cm³/mol. The largest absolute Gasteiger partial charge is 0.251 e. The van der Waals surface area contributed by atoms with E-state index in [1.165, 1.54) is 0 Å². The SMILES string of the molecule is C/C(=N\c1ccccc1-c1ccccc1)c1cccc(/C(C)=N/c2ccccc2-c2ccccc2)n1. The van der Waals surface area contributed by atoms with Crippen molar-refractivity contribution < 1.29 is 0 Å². The number of rotatable bonds is 6. The Hall–Kier alpha value is -4.63. The molecule has 0 unspecified atom stereocenters. The molecule has 0 aliphatic carbocycles. The van der Waals surface area contributed by atoms with Crippen molar-refractivity contribution in [1.29, 1.82) is 0 Å². The number of benzene rings is 4. The average molecular weight is 466 g/mol. The lowest BCUT2D eigenvalue weighted by Crippen LogP contribution is -2.05. The average Bonchev–Trinajstić information content (AvgIpc) is 2.94. The highest BCUT2D eigenvalue weighted by Crippen LogP contribution is 2.31. The van der Waals surface area contributed by atoms with Crippen molar-refractivity contribution in [1.82, 2.24) is 4.98 Å². The molecule has 36 heavy (non-hydrogen) atoms. The van der Waals surface area contributed by atoms with Crippen LogP contribution in [0.25, 0.3) is 22.3 Å². The van der Waals surface area contributed by atoms with Gasteiger partial charge < -0.3 is 0 Å². The maximum absolute atomic E-state index is 4.96. The minimum atomic E-state index is 0.834. The van der Waals surface area contributed by atoms with E-state index in [9.17, 15) is 0 Å². The Morgan fingerprint density at radius 1 is 0.444 bits per heavy atom. The van der Waals surface area contributed by atoms with Crippen LogP contribution in [-0.4, -0.2) is 16.4 Å². The van der Waals surface area contributed by atoms with Crippen LogP contribution in [0.15, 0.2) is 137 Å². The van der Waals surface area contributed by atoms with Gasteiger partial charge in [-0.2, -0.15) is 0 Å². The molecular weight excluding hydrogens is 438 g/mol. The van der Waals surface area contributed by atoms with Crippen LogP contribution in [0.5, 0.6) is 0 Å². The fourth-order valence-electron chi connectivity index (χ4n) is 4.18. The zero-order valence-electron chi connectivity index (χ0n) is 20.5. The third kappa shape index (κ3) is 5.21. The Morgan fingerprint density at radius 3 is 1.28 bits per heavy atom. The van der Waals surface area contributed by atoms with Gasteiger partial charge in [-0.3, -0.25) is 9.98 Å². The van der Waals surface area contributed by atoms with E-state index in [1.807, 2.05) is 105 Å². The molecule has 0 aliphatic rings. The molecule has 1 aromatic heterocycles. The van der Waals surface area contributed by atoms with Gasteiger partial charge in [-0.25, -0.2) is 4.98 Å². The van der Waals surface area contributed by atoms with Crippen molar-refractivity contribution in [3.63, 3.8) is 0 Å².